The summed E-state index contributed by atoms with van der Waals surface area (Å²) in [5.74, 6) is -1.36. The minimum absolute atomic E-state index is 0.0107. The maximum absolute atomic E-state index is 14.1. The van der Waals surface area contributed by atoms with Gasteiger partial charge in [0, 0.05) is 30.8 Å². The van der Waals surface area contributed by atoms with Gasteiger partial charge >= 0.3 is 6.18 Å². The smallest absolute Gasteiger partial charge is 0.387 e. The zero-order valence-electron chi connectivity index (χ0n) is 19.6. The third-order valence-electron chi connectivity index (χ3n) is 6.66. The average molecular weight is 540 g/mol. The lowest BCUT2D eigenvalue weighted by molar-refractivity contribution is -0.141. The van der Waals surface area contributed by atoms with Crippen LogP contribution in [0, 0.1) is 18.6 Å². The van der Waals surface area contributed by atoms with Crippen LogP contribution in [-0.4, -0.2) is 39.9 Å². The first kappa shape index (κ1) is 25.3. The molecule has 2 aliphatic heterocycles. The minimum Gasteiger partial charge on any atom is -0.387 e. The number of hydrogen-bond acceptors (Lipinski definition) is 7. The Labute approximate surface area is 212 Å². The number of oxime groups is 1. The van der Waals surface area contributed by atoms with E-state index >= 15 is 0 Å². The summed E-state index contributed by atoms with van der Waals surface area (Å²) in [6.07, 6.45) is -3.67. The van der Waals surface area contributed by atoms with Crippen LogP contribution in [0.5, 0.6) is 0 Å². The average Bonchev–Trinajstić information content (AvgIpc) is 3.59. The van der Waals surface area contributed by atoms with E-state index in [9.17, 15) is 26.7 Å². The molecule has 7 nitrogen and oxygen atoms in total. The Balaban J connectivity index is 1.27. The Morgan fingerprint density at radius 3 is 2.54 bits per heavy atom. The molecule has 2 aliphatic rings. The SMILES string of the molecule is Cc1c(N2CCC(c3nc(C4=NO[C@H](c5c(F)cccc5F)C4)cs3)CC2)c(C(F)(F)F)nn1CC=O. The van der Waals surface area contributed by atoms with Crippen LogP contribution in [0.2, 0.25) is 0 Å². The van der Waals surface area contributed by atoms with Gasteiger partial charge in [-0.25, -0.2) is 13.8 Å². The lowest BCUT2D eigenvalue weighted by atomic mass is 9.96. The van der Waals surface area contributed by atoms with E-state index in [1.807, 2.05) is 0 Å². The van der Waals surface area contributed by atoms with E-state index in [0.717, 1.165) is 9.69 Å². The standard InChI is InChI=1S/C24H22F5N5O2S/c1-13-21(22(24(27,28)29)31-34(13)9-10-35)33-7-5-14(6-8-33)23-30-18(12-37-23)17-11-19(36-32-17)20-15(25)3-2-4-16(20)26/h2-4,10,12,14,19H,5-9,11H2,1H3/t19-/m0/s1. The predicted octanol–water partition coefficient (Wildman–Crippen LogP) is 5.39. The highest BCUT2D eigenvalue weighted by molar-refractivity contribution is 7.10. The monoisotopic (exact) mass is 539 g/mol. The quantitative estimate of drug-likeness (QED) is 0.310. The van der Waals surface area contributed by atoms with Crippen molar-refractivity contribution in [2.75, 3.05) is 18.0 Å². The van der Waals surface area contributed by atoms with Crippen molar-refractivity contribution in [2.24, 2.45) is 5.16 Å². The number of benzene rings is 1. The molecule has 0 bridgehead atoms. The van der Waals surface area contributed by atoms with Crippen LogP contribution in [0.25, 0.3) is 0 Å². The van der Waals surface area contributed by atoms with Crippen LogP contribution in [0.1, 0.15) is 58.9 Å². The molecule has 37 heavy (non-hydrogen) atoms. The van der Waals surface area contributed by atoms with Crippen LogP contribution in [0.4, 0.5) is 27.6 Å². The third-order valence-corrected chi connectivity index (χ3v) is 7.67. The number of carbonyl (C=O) groups is 1. The predicted molar refractivity (Wildman–Crippen MR) is 126 cm³/mol. The summed E-state index contributed by atoms with van der Waals surface area (Å²) in [6.45, 7) is 2.03. The third kappa shape index (κ3) is 4.83. The normalized spacial score (nSPS) is 18.7. The first-order valence-electron chi connectivity index (χ1n) is 11.6. The number of carbonyl (C=O) groups excluding carboxylic acids is 1. The maximum Gasteiger partial charge on any atom is 0.437 e. The number of nitrogens with zero attached hydrogens (tertiary/aromatic N) is 5. The molecular formula is C24H22F5N5O2S. The Bertz CT molecular complexity index is 1320. The molecule has 196 valence electrons. The number of aromatic nitrogens is 3. The van der Waals surface area contributed by atoms with Gasteiger partial charge in [0.25, 0.3) is 0 Å². The second-order valence-electron chi connectivity index (χ2n) is 8.93. The first-order chi connectivity index (χ1) is 17.7. The van der Waals surface area contributed by atoms with Crippen molar-refractivity contribution >= 4 is 29.0 Å². The lowest BCUT2D eigenvalue weighted by Crippen LogP contribution is -2.34. The van der Waals surface area contributed by atoms with Crippen molar-refractivity contribution in [1.29, 1.82) is 0 Å². The Kier molecular flexibility index (Phi) is 6.73. The van der Waals surface area contributed by atoms with Crippen molar-refractivity contribution in [2.45, 2.75) is 50.9 Å². The van der Waals surface area contributed by atoms with E-state index in [2.05, 4.69) is 15.2 Å². The summed E-state index contributed by atoms with van der Waals surface area (Å²) in [5.41, 5.74) is 0.203. The molecule has 0 saturated carbocycles. The van der Waals surface area contributed by atoms with Gasteiger partial charge in [0.1, 0.15) is 23.6 Å². The van der Waals surface area contributed by atoms with Crippen molar-refractivity contribution in [3.63, 3.8) is 0 Å². The van der Waals surface area contributed by atoms with Gasteiger partial charge in [-0.1, -0.05) is 11.2 Å². The molecule has 0 amide bonds. The van der Waals surface area contributed by atoms with E-state index in [1.165, 1.54) is 36.5 Å². The minimum atomic E-state index is -4.64. The molecule has 2 aromatic heterocycles. The zero-order chi connectivity index (χ0) is 26.3. The zero-order valence-corrected chi connectivity index (χ0v) is 20.5. The van der Waals surface area contributed by atoms with Gasteiger partial charge in [-0.3, -0.25) is 4.68 Å². The number of aldehydes is 1. The summed E-state index contributed by atoms with van der Waals surface area (Å²) in [6, 6.07) is 3.62. The van der Waals surface area contributed by atoms with E-state index in [-0.39, 0.29) is 30.1 Å². The van der Waals surface area contributed by atoms with Crippen LogP contribution >= 0.6 is 11.3 Å². The molecule has 5 rings (SSSR count). The number of rotatable bonds is 6. The Morgan fingerprint density at radius 1 is 1.19 bits per heavy atom. The highest BCUT2D eigenvalue weighted by atomic mass is 32.1. The lowest BCUT2D eigenvalue weighted by Gasteiger charge is -2.33. The fourth-order valence-electron chi connectivity index (χ4n) is 4.81. The van der Waals surface area contributed by atoms with Crippen molar-refractivity contribution < 1.29 is 31.6 Å². The Morgan fingerprint density at radius 2 is 1.89 bits per heavy atom. The summed E-state index contributed by atoms with van der Waals surface area (Å²) < 4.78 is 70.3. The van der Waals surface area contributed by atoms with Crippen LogP contribution in [-0.2, 0) is 22.4 Å². The van der Waals surface area contributed by atoms with Crippen LogP contribution in [0.3, 0.4) is 0 Å². The number of piperidine rings is 1. The van der Waals surface area contributed by atoms with Crippen LogP contribution < -0.4 is 4.90 Å². The summed E-state index contributed by atoms with van der Waals surface area (Å²) in [4.78, 5) is 22.5. The van der Waals surface area contributed by atoms with Gasteiger partial charge in [-0.15, -0.1) is 11.3 Å². The van der Waals surface area contributed by atoms with Crippen molar-refractivity contribution in [1.82, 2.24) is 14.8 Å². The largest absolute Gasteiger partial charge is 0.437 e. The molecule has 13 heteroatoms. The molecule has 1 fully saturated rings. The molecule has 0 N–H and O–H groups in total. The van der Waals surface area contributed by atoms with Gasteiger partial charge in [0.05, 0.1) is 34.2 Å². The van der Waals surface area contributed by atoms with Crippen LogP contribution in [0.15, 0.2) is 28.7 Å². The fraction of sp³-hybridized carbons (Fsp3) is 0.417. The Hall–Kier alpha value is -3.35. The molecule has 0 aliphatic carbocycles. The highest BCUT2D eigenvalue weighted by Gasteiger charge is 2.41. The number of alkyl halides is 3. The van der Waals surface area contributed by atoms with Gasteiger partial charge in [0.2, 0.25) is 0 Å². The number of halogens is 5. The molecule has 1 saturated heterocycles. The summed E-state index contributed by atoms with van der Waals surface area (Å²) in [7, 11) is 0. The number of thiazole rings is 1. The summed E-state index contributed by atoms with van der Waals surface area (Å²) >= 11 is 1.42. The van der Waals surface area contributed by atoms with Gasteiger partial charge in [-0.05, 0) is 31.9 Å². The maximum atomic E-state index is 14.1. The molecule has 3 aromatic rings. The van der Waals surface area contributed by atoms with Crippen molar-refractivity contribution in [3.05, 3.63) is 62.9 Å². The second kappa shape index (κ2) is 9.84. The van der Waals surface area contributed by atoms with E-state index < -0.39 is 29.6 Å². The molecule has 4 heterocycles. The molecule has 0 unspecified atom stereocenters. The van der Waals surface area contributed by atoms with E-state index in [0.29, 0.717) is 49.3 Å². The molecule has 0 spiro atoms. The first-order valence-corrected chi connectivity index (χ1v) is 12.5. The van der Waals surface area contributed by atoms with E-state index in [1.54, 1.807) is 10.3 Å². The van der Waals surface area contributed by atoms with E-state index in [4.69, 9.17) is 4.84 Å². The fourth-order valence-corrected chi connectivity index (χ4v) is 5.81. The topological polar surface area (TPSA) is 72.6 Å². The molecular weight excluding hydrogens is 517 g/mol. The number of anilines is 1. The second-order valence-corrected chi connectivity index (χ2v) is 9.82. The number of hydrogen-bond donors (Lipinski definition) is 0. The molecule has 1 aromatic carbocycles. The van der Waals surface area contributed by atoms with Gasteiger partial charge in [-0.2, -0.15) is 18.3 Å². The highest BCUT2D eigenvalue weighted by Crippen LogP contribution is 2.41. The summed E-state index contributed by atoms with van der Waals surface area (Å²) in [5, 5.41) is 10.3. The van der Waals surface area contributed by atoms with Gasteiger partial charge in [0.15, 0.2) is 11.8 Å². The van der Waals surface area contributed by atoms with Crippen molar-refractivity contribution in [3.8, 4) is 0 Å². The van der Waals surface area contributed by atoms with Gasteiger partial charge < -0.3 is 14.5 Å². The molecule has 0 radical (unpaired) electrons. The molecule has 1 atom stereocenters.